The van der Waals surface area contributed by atoms with Crippen LogP contribution in [0.3, 0.4) is 0 Å². The van der Waals surface area contributed by atoms with Gasteiger partial charge in [-0.05, 0) is 69.5 Å². The van der Waals surface area contributed by atoms with Crippen molar-refractivity contribution in [2.24, 2.45) is 0 Å². The molecule has 0 unspecified atom stereocenters. The third-order valence-corrected chi connectivity index (χ3v) is 9.10. The number of rotatable bonds is 12. The quantitative estimate of drug-likeness (QED) is 0.139. The second-order valence-corrected chi connectivity index (χ2v) is 12.6. The van der Waals surface area contributed by atoms with Crippen LogP contribution in [-0.2, 0) is 24.8 Å². The molecule has 1 fully saturated rings. The van der Waals surface area contributed by atoms with E-state index in [1.807, 2.05) is 24.3 Å². The largest absolute Gasteiger partial charge is 0.332 e. The van der Waals surface area contributed by atoms with Crippen molar-refractivity contribution in [3.8, 4) is 0 Å². The SMILES string of the molecule is CCOP(=O)(CCCCN1C(=O)N(c2cc(Cl)cc(Cl)c2)C(=O)[C@@]1(C)Cc1ccc(Br)cc1)OCC. The van der Waals surface area contributed by atoms with Crippen molar-refractivity contribution < 1.29 is 23.2 Å². The minimum atomic E-state index is -3.19. The Bertz CT molecular complexity index is 1120. The number of hydrogen-bond donors (Lipinski definition) is 0. The smallest absolute Gasteiger partial charge is 0.309 e. The van der Waals surface area contributed by atoms with Crippen molar-refractivity contribution in [1.29, 1.82) is 0 Å². The predicted molar refractivity (Wildman–Crippen MR) is 147 cm³/mol. The molecule has 36 heavy (non-hydrogen) atoms. The molecule has 0 bridgehead atoms. The molecule has 0 aromatic heterocycles. The zero-order valence-electron chi connectivity index (χ0n) is 20.5. The summed E-state index contributed by atoms with van der Waals surface area (Å²) in [6.07, 6.45) is 1.59. The van der Waals surface area contributed by atoms with Crippen LogP contribution >= 0.6 is 46.7 Å². The normalized spacial score (nSPS) is 18.4. The van der Waals surface area contributed by atoms with E-state index >= 15 is 0 Å². The predicted octanol–water partition coefficient (Wildman–Crippen LogP) is 7.57. The highest BCUT2D eigenvalue weighted by molar-refractivity contribution is 9.10. The monoisotopic (exact) mass is 618 g/mol. The number of imide groups is 1. The zero-order chi connectivity index (χ0) is 26.5. The van der Waals surface area contributed by atoms with E-state index in [-0.39, 0.29) is 12.1 Å². The molecule has 7 nitrogen and oxygen atoms in total. The van der Waals surface area contributed by atoms with Gasteiger partial charge in [-0.3, -0.25) is 9.36 Å². The first-order valence-electron chi connectivity index (χ1n) is 11.8. The summed E-state index contributed by atoms with van der Waals surface area (Å²) in [4.78, 5) is 30.1. The van der Waals surface area contributed by atoms with Gasteiger partial charge in [-0.25, -0.2) is 9.69 Å². The maximum Gasteiger partial charge on any atom is 0.332 e. The average Bonchev–Trinajstić information content (AvgIpc) is 2.97. The standard InChI is InChI=1S/C25H30BrCl2N2O5P/c1-4-34-36(33,35-5-2)13-7-6-12-29-24(32)30(22-15-20(27)14-21(28)16-22)23(31)25(29,3)17-18-8-10-19(26)11-9-18/h8-11,14-16H,4-7,12-13,17H2,1-3H3/t25-/m1/s1. The molecule has 0 spiro atoms. The van der Waals surface area contributed by atoms with Gasteiger partial charge in [0.1, 0.15) is 5.54 Å². The lowest BCUT2D eigenvalue weighted by atomic mass is 9.91. The highest BCUT2D eigenvalue weighted by atomic mass is 79.9. The second kappa shape index (κ2) is 12.4. The van der Waals surface area contributed by atoms with Crippen LogP contribution in [0.4, 0.5) is 10.5 Å². The summed E-state index contributed by atoms with van der Waals surface area (Å²) in [6, 6.07) is 11.8. The molecule has 2 aromatic rings. The summed E-state index contributed by atoms with van der Waals surface area (Å²) in [7, 11) is -3.19. The van der Waals surface area contributed by atoms with E-state index < -0.39 is 19.2 Å². The molecule has 1 saturated heterocycles. The number of nitrogens with zero attached hydrogens (tertiary/aromatic N) is 2. The number of anilines is 1. The van der Waals surface area contributed by atoms with E-state index in [4.69, 9.17) is 32.2 Å². The lowest BCUT2D eigenvalue weighted by Gasteiger charge is -2.32. The molecule has 1 heterocycles. The van der Waals surface area contributed by atoms with Gasteiger partial charge in [0.15, 0.2) is 0 Å². The fraction of sp³-hybridized carbons (Fsp3) is 0.440. The molecule has 0 aliphatic carbocycles. The summed E-state index contributed by atoms with van der Waals surface area (Å²) in [5.74, 6) is -0.358. The van der Waals surface area contributed by atoms with Gasteiger partial charge in [0.2, 0.25) is 0 Å². The number of hydrogen-bond acceptors (Lipinski definition) is 5. The number of unbranched alkanes of at least 4 members (excludes halogenated alkanes) is 1. The van der Waals surface area contributed by atoms with Crippen LogP contribution < -0.4 is 4.90 Å². The Labute approximate surface area is 230 Å². The summed E-state index contributed by atoms with van der Waals surface area (Å²) < 4.78 is 24.5. The Morgan fingerprint density at radius 2 is 1.56 bits per heavy atom. The molecule has 3 rings (SSSR count). The molecule has 0 N–H and O–H groups in total. The maximum atomic E-state index is 13.8. The molecular formula is C25H30BrCl2N2O5P. The van der Waals surface area contributed by atoms with Gasteiger partial charge in [-0.15, -0.1) is 0 Å². The molecule has 0 saturated carbocycles. The molecule has 1 atom stereocenters. The molecule has 2 aromatic carbocycles. The van der Waals surface area contributed by atoms with Crippen LogP contribution in [-0.4, -0.2) is 48.3 Å². The van der Waals surface area contributed by atoms with Crippen molar-refractivity contribution in [3.63, 3.8) is 0 Å². The van der Waals surface area contributed by atoms with Gasteiger partial charge >= 0.3 is 13.6 Å². The minimum absolute atomic E-state index is 0.238. The van der Waals surface area contributed by atoms with Crippen LogP contribution in [0.1, 0.15) is 39.2 Å². The van der Waals surface area contributed by atoms with Crippen LogP contribution in [0.25, 0.3) is 0 Å². The Morgan fingerprint density at radius 1 is 0.972 bits per heavy atom. The summed E-state index contributed by atoms with van der Waals surface area (Å²) in [5, 5.41) is 0.655. The lowest BCUT2D eigenvalue weighted by molar-refractivity contribution is -0.124. The highest BCUT2D eigenvalue weighted by Gasteiger charge is 2.54. The van der Waals surface area contributed by atoms with Gasteiger partial charge in [-0.2, -0.15) is 0 Å². The van der Waals surface area contributed by atoms with Crippen LogP contribution in [0.15, 0.2) is 46.9 Å². The van der Waals surface area contributed by atoms with E-state index in [1.54, 1.807) is 43.9 Å². The number of amides is 3. The van der Waals surface area contributed by atoms with E-state index in [0.29, 0.717) is 54.8 Å². The van der Waals surface area contributed by atoms with Gasteiger partial charge in [-0.1, -0.05) is 51.3 Å². The fourth-order valence-electron chi connectivity index (χ4n) is 4.32. The number of urea groups is 1. The third kappa shape index (κ3) is 6.72. The van der Waals surface area contributed by atoms with E-state index in [0.717, 1.165) is 14.9 Å². The molecule has 196 valence electrons. The topological polar surface area (TPSA) is 76.2 Å². The molecule has 3 amide bonds. The van der Waals surface area contributed by atoms with Gasteiger partial charge in [0.05, 0.1) is 25.1 Å². The summed E-state index contributed by atoms with van der Waals surface area (Å²) in [5.41, 5.74) is 0.0997. The molecule has 1 aliphatic rings. The Kier molecular flexibility index (Phi) is 10.1. The Morgan fingerprint density at radius 3 is 2.11 bits per heavy atom. The van der Waals surface area contributed by atoms with Crippen molar-refractivity contribution in [2.75, 3.05) is 30.8 Å². The molecular weight excluding hydrogens is 590 g/mol. The first-order chi connectivity index (χ1) is 17.0. The summed E-state index contributed by atoms with van der Waals surface area (Å²) >= 11 is 15.8. The van der Waals surface area contributed by atoms with Gasteiger partial charge in [0.25, 0.3) is 5.91 Å². The molecule has 1 aliphatic heterocycles. The van der Waals surface area contributed by atoms with E-state index in [1.165, 1.54) is 0 Å². The fourth-order valence-corrected chi connectivity index (χ4v) is 6.83. The minimum Gasteiger partial charge on any atom is -0.309 e. The Hall–Kier alpha value is -1.41. The molecule has 0 radical (unpaired) electrons. The number of carbonyl (C=O) groups excluding carboxylic acids is 2. The maximum absolute atomic E-state index is 13.8. The van der Waals surface area contributed by atoms with Gasteiger partial charge < -0.3 is 13.9 Å². The first-order valence-corrected chi connectivity index (χ1v) is 15.1. The second-order valence-electron chi connectivity index (χ2n) is 8.66. The third-order valence-electron chi connectivity index (χ3n) is 5.96. The van der Waals surface area contributed by atoms with Crippen molar-refractivity contribution in [1.82, 2.24) is 4.90 Å². The van der Waals surface area contributed by atoms with E-state index in [2.05, 4.69) is 15.9 Å². The highest BCUT2D eigenvalue weighted by Crippen LogP contribution is 2.48. The summed E-state index contributed by atoms with van der Waals surface area (Å²) in [6.45, 7) is 6.18. The molecule has 11 heteroatoms. The van der Waals surface area contributed by atoms with Gasteiger partial charge in [0, 0.05) is 27.5 Å². The van der Waals surface area contributed by atoms with Crippen molar-refractivity contribution in [3.05, 3.63) is 62.5 Å². The van der Waals surface area contributed by atoms with E-state index in [9.17, 15) is 14.2 Å². The number of halogens is 3. The van der Waals surface area contributed by atoms with Crippen LogP contribution in [0.5, 0.6) is 0 Å². The van der Waals surface area contributed by atoms with Crippen molar-refractivity contribution >= 4 is 64.4 Å². The van der Waals surface area contributed by atoms with Crippen molar-refractivity contribution in [2.45, 2.75) is 45.6 Å². The van der Waals surface area contributed by atoms with Crippen LogP contribution in [0, 0.1) is 0 Å². The van der Waals surface area contributed by atoms with Crippen LogP contribution in [0.2, 0.25) is 10.0 Å². The number of benzene rings is 2. The Balaban J connectivity index is 1.86. The average molecular weight is 620 g/mol. The first kappa shape index (κ1) is 29.2. The number of carbonyl (C=O) groups is 2. The lowest BCUT2D eigenvalue weighted by Crippen LogP contribution is -2.49. The zero-order valence-corrected chi connectivity index (χ0v) is 24.5.